The molecule has 3 aromatic carbocycles. The zero-order valence-electron chi connectivity index (χ0n) is 18.1. The number of aliphatic imine (C=N–C) groups is 1. The maximum atomic E-state index is 8.83. The Morgan fingerprint density at radius 2 is 1.58 bits per heavy atom. The molecular weight excluding hydrogens is 434 g/mol. The summed E-state index contributed by atoms with van der Waals surface area (Å²) in [7, 11) is 0. The minimum Gasteiger partial charge on any atom is -0.454 e. The lowest BCUT2D eigenvalue weighted by molar-refractivity contribution is 0.174. The Labute approximate surface area is 197 Å². The van der Waals surface area contributed by atoms with E-state index in [1.54, 1.807) is 11.1 Å². The predicted octanol–water partition coefficient (Wildman–Crippen LogP) is 5.18. The number of hydrogen-bond acceptors (Lipinski definition) is 6. The van der Waals surface area contributed by atoms with E-state index in [0.717, 1.165) is 28.1 Å². The molecule has 2 aliphatic heterocycles. The van der Waals surface area contributed by atoms with Crippen molar-refractivity contribution in [2.45, 2.75) is 13.8 Å². The Kier molecular flexibility index (Phi) is 5.35. The number of hydrazone groups is 1. The summed E-state index contributed by atoms with van der Waals surface area (Å²) in [6, 6.07) is 21.2. The van der Waals surface area contributed by atoms with Crippen molar-refractivity contribution >= 4 is 46.6 Å². The standard InChI is InChI=1S/C25H21N5O2S/c1-16-3-8-19(9-4-16)28-23-24(33)29(20-10-5-17(2)6-11-20)25(26)30(23)27-14-18-7-12-21-22(13-18)32-15-31-21/h3-14,26H,15H2,1-2H3. The molecule has 0 radical (unpaired) electrons. The van der Waals surface area contributed by atoms with Crippen LogP contribution < -0.4 is 14.4 Å². The van der Waals surface area contributed by atoms with Crippen molar-refractivity contribution < 1.29 is 9.47 Å². The number of rotatable bonds is 4. The first kappa shape index (κ1) is 20.8. The lowest BCUT2D eigenvalue weighted by Crippen LogP contribution is -2.31. The minimum absolute atomic E-state index is 0.103. The molecular formula is C25H21N5O2S. The van der Waals surface area contributed by atoms with Gasteiger partial charge in [0, 0.05) is 0 Å². The number of hydrogen-bond donors (Lipinski definition) is 1. The molecule has 1 fully saturated rings. The van der Waals surface area contributed by atoms with E-state index in [2.05, 4.69) is 5.10 Å². The minimum atomic E-state index is 0.103. The average Bonchev–Trinajstić information content (AvgIpc) is 3.37. The number of aryl methyl sites for hydroxylation is 2. The van der Waals surface area contributed by atoms with Gasteiger partial charge < -0.3 is 9.47 Å². The van der Waals surface area contributed by atoms with Gasteiger partial charge in [0.2, 0.25) is 12.8 Å². The molecule has 164 valence electrons. The van der Waals surface area contributed by atoms with Gasteiger partial charge in [-0.3, -0.25) is 10.3 Å². The number of nitrogens with one attached hydrogen (secondary N) is 1. The summed E-state index contributed by atoms with van der Waals surface area (Å²) in [6.45, 7) is 4.25. The summed E-state index contributed by atoms with van der Waals surface area (Å²) >= 11 is 5.75. The third kappa shape index (κ3) is 4.08. The van der Waals surface area contributed by atoms with Crippen LogP contribution >= 0.6 is 12.2 Å². The van der Waals surface area contributed by atoms with E-state index in [1.807, 2.05) is 80.6 Å². The van der Waals surface area contributed by atoms with Crippen LogP contribution in [0.4, 0.5) is 11.4 Å². The zero-order valence-corrected chi connectivity index (χ0v) is 19.0. The van der Waals surface area contributed by atoms with Crippen LogP contribution in [0.1, 0.15) is 16.7 Å². The molecule has 0 spiro atoms. The summed E-state index contributed by atoms with van der Waals surface area (Å²) in [5.74, 6) is 1.89. The van der Waals surface area contributed by atoms with Crippen LogP contribution in [0.15, 0.2) is 76.8 Å². The van der Waals surface area contributed by atoms with Crippen molar-refractivity contribution in [3.63, 3.8) is 0 Å². The number of guanidine groups is 1. The second-order valence-corrected chi connectivity index (χ2v) is 8.13. The van der Waals surface area contributed by atoms with Crippen LogP contribution in [0.2, 0.25) is 0 Å². The number of anilines is 1. The molecule has 0 saturated carbocycles. The fraction of sp³-hybridized carbons (Fsp3) is 0.120. The zero-order chi connectivity index (χ0) is 22.9. The largest absolute Gasteiger partial charge is 0.454 e. The van der Waals surface area contributed by atoms with Crippen molar-refractivity contribution in [3.05, 3.63) is 83.4 Å². The molecule has 8 heteroatoms. The van der Waals surface area contributed by atoms with Crippen LogP contribution in [0.25, 0.3) is 0 Å². The number of benzene rings is 3. The van der Waals surface area contributed by atoms with Crippen LogP contribution in [0.5, 0.6) is 11.5 Å². The molecule has 5 rings (SSSR count). The highest BCUT2D eigenvalue weighted by Crippen LogP contribution is 2.32. The highest BCUT2D eigenvalue weighted by molar-refractivity contribution is 7.82. The Balaban J connectivity index is 1.53. The van der Waals surface area contributed by atoms with Crippen LogP contribution in [0, 0.1) is 19.3 Å². The summed E-state index contributed by atoms with van der Waals surface area (Å²) < 4.78 is 10.8. The fourth-order valence-electron chi connectivity index (χ4n) is 3.48. The Bertz CT molecular complexity index is 1300. The Morgan fingerprint density at radius 3 is 2.30 bits per heavy atom. The van der Waals surface area contributed by atoms with Gasteiger partial charge in [-0.15, -0.1) is 0 Å². The Morgan fingerprint density at radius 1 is 0.909 bits per heavy atom. The monoisotopic (exact) mass is 455 g/mol. The Hall–Kier alpha value is -4.04. The topological polar surface area (TPSA) is 73.5 Å². The average molecular weight is 456 g/mol. The van der Waals surface area contributed by atoms with E-state index in [-0.39, 0.29) is 12.8 Å². The second kappa shape index (κ2) is 8.48. The van der Waals surface area contributed by atoms with Gasteiger partial charge in [-0.2, -0.15) is 10.1 Å². The first-order chi connectivity index (χ1) is 16.0. The van der Waals surface area contributed by atoms with Crippen LogP contribution in [-0.4, -0.2) is 34.8 Å². The van der Waals surface area contributed by atoms with Gasteiger partial charge in [0.05, 0.1) is 17.6 Å². The number of thiocarbonyl (C=S) groups is 1. The molecule has 0 aromatic heterocycles. The summed E-state index contributed by atoms with van der Waals surface area (Å²) in [6.07, 6.45) is 1.66. The molecule has 1 N–H and O–H groups in total. The smallest absolute Gasteiger partial charge is 0.231 e. The molecule has 3 aromatic rings. The van der Waals surface area contributed by atoms with Gasteiger partial charge in [-0.05, 0) is 61.9 Å². The predicted molar refractivity (Wildman–Crippen MR) is 134 cm³/mol. The lowest BCUT2D eigenvalue weighted by Gasteiger charge is -2.17. The number of nitrogens with zero attached hydrogens (tertiary/aromatic N) is 4. The van der Waals surface area contributed by atoms with E-state index in [0.29, 0.717) is 22.3 Å². The molecule has 0 bridgehead atoms. The van der Waals surface area contributed by atoms with Crippen molar-refractivity contribution in [1.82, 2.24) is 5.01 Å². The quantitative estimate of drug-likeness (QED) is 0.433. The van der Waals surface area contributed by atoms with Crippen molar-refractivity contribution in [2.24, 2.45) is 10.1 Å². The van der Waals surface area contributed by atoms with E-state index < -0.39 is 0 Å². The van der Waals surface area contributed by atoms with Gasteiger partial charge in [0.15, 0.2) is 22.3 Å². The maximum Gasteiger partial charge on any atom is 0.231 e. The first-order valence-corrected chi connectivity index (χ1v) is 10.8. The normalized spacial score (nSPS) is 16.5. The van der Waals surface area contributed by atoms with Crippen LogP contribution in [-0.2, 0) is 0 Å². The van der Waals surface area contributed by atoms with Crippen LogP contribution in [0.3, 0.4) is 0 Å². The van der Waals surface area contributed by atoms with Gasteiger partial charge >= 0.3 is 0 Å². The molecule has 0 unspecified atom stereocenters. The number of fused-ring (bicyclic) bond motifs is 1. The molecule has 2 heterocycles. The van der Waals surface area contributed by atoms with E-state index in [1.165, 1.54) is 5.01 Å². The number of amidine groups is 1. The highest BCUT2D eigenvalue weighted by atomic mass is 32.1. The molecule has 2 aliphatic rings. The number of ether oxygens (including phenoxy) is 2. The van der Waals surface area contributed by atoms with E-state index in [9.17, 15) is 0 Å². The molecule has 7 nitrogen and oxygen atoms in total. The van der Waals surface area contributed by atoms with E-state index in [4.69, 9.17) is 32.1 Å². The summed E-state index contributed by atoms with van der Waals surface area (Å²) in [5, 5.41) is 14.8. The third-order valence-electron chi connectivity index (χ3n) is 5.29. The molecule has 0 atom stereocenters. The SMILES string of the molecule is Cc1ccc(N=C2C(=S)N(c3ccc(C)cc3)C(=N)N2N=Cc2ccc3c(c2)OCO3)cc1. The first-order valence-electron chi connectivity index (χ1n) is 10.4. The van der Waals surface area contributed by atoms with Gasteiger partial charge in [0.25, 0.3) is 0 Å². The van der Waals surface area contributed by atoms with E-state index >= 15 is 0 Å². The van der Waals surface area contributed by atoms with Crippen molar-refractivity contribution in [1.29, 1.82) is 5.41 Å². The summed E-state index contributed by atoms with van der Waals surface area (Å²) in [5.41, 5.74) is 4.59. The van der Waals surface area contributed by atoms with Gasteiger partial charge in [-0.25, -0.2) is 4.99 Å². The third-order valence-corrected chi connectivity index (χ3v) is 5.65. The molecule has 33 heavy (non-hydrogen) atoms. The summed E-state index contributed by atoms with van der Waals surface area (Å²) in [4.78, 5) is 6.81. The van der Waals surface area contributed by atoms with Crippen molar-refractivity contribution in [2.75, 3.05) is 11.7 Å². The molecule has 0 aliphatic carbocycles. The maximum absolute atomic E-state index is 8.83. The second-order valence-electron chi connectivity index (χ2n) is 7.74. The highest BCUT2D eigenvalue weighted by Gasteiger charge is 2.38. The fourth-order valence-corrected chi connectivity index (χ4v) is 3.80. The van der Waals surface area contributed by atoms with Crippen molar-refractivity contribution in [3.8, 4) is 11.5 Å². The molecule has 1 saturated heterocycles. The lowest BCUT2D eigenvalue weighted by atomic mass is 10.2. The van der Waals surface area contributed by atoms with Gasteiger partial charge in [-0.1, -0.05) is 47.6 Å². The van der Waals surface area contributed by atoms with Gasteiger partial charge in [0.1, 0.15) is 0 Å². The molecule has 0 amide bonds.